The lowest BCUT2D eigenvalue weighted by molar-refractivity contribution is 0.102. The van der Waals surface area contributed by atoms with Crippen molar-refractivity contribution < 1.29 is 13.2 Å². The van der Waals surface area contributed by atoms with Crippen LogP contribution in [0, 0.1) is 13.8 Å². The summed E-state index contributed by atoms with van der Waals surface area (Å²) in [6.45, 7) is 4.82. The van der Waals surface area contributed by atoms with Gasteiger partial charge in [0.05, 0.1) is 4.90 Å². The van der Waals surface area contributed by atoms with Crippen LogP contribution in [-0.2, 0) is 10.0 Å². The predicted molar refractivity (Wildman–Crippen MR) is 117 cm³/mol. The Hall–Kier alpha value is -2.62. The number of carbonyl (C=O) groups excluding carboxylic acids is 1. The number of rotatable bonds is 5. The molecule has 1 fully saturated rings. The van der Waals surface area contributed by atoms with Crippen LogP contribution in [0.15, 0.2) is 47.4 Å². The number of aromatic nitrogens is 2. The Morgan fingerprint density at radius 1 is 1.03 bits per heavy atom. The molecule has 4 rings (SSSR count). The van der Waals surface area contributed by atoms with Crippen molar-refractivity contribution in [2.24, 2.45) is 0 Å². The molecule has 1 aromatic heterocycles. The Labute approximate surface area is 179 Å². The number of nitrogens with one attached hydrogen (secondary N) is 1. The molecule has 1 aliphatic heterocycles. The summed E-state index contributed by atoms with van der Waals surface area (Å²) in [6, 6.07) is 12.6. The maximum absolute atomic E-state index is 12.8. The summed E-state index contributed by atoms with van der Waals surface area (Å²) in [4.78, 5) is 13.0. The normalized spacial score (nSPS) is 14.7. The standard InChI is InChI=1S/C21H22N4O3S2/c1-14-5-8-16(9-6-14)20-23-24-21(29-20)22-19(26)18-13-17(10-7-15(18)2)30(27,28)25-11-3-4-12-25/h5-10,13H,3-4,11-12H2,1-2H3,(H,22,24,26). The third-order valence-electron chi connectivity index (χ3n) is 5.10. The van der Waals surface area contributed by atoms with Crippen molar-refractivity contribution in [3.63, 3.8) is 0 Å². The summed E-state index contributed by atoms with van der Waals surface area (Å²) < 4.78 is 27.1. The number of carbonyl (C=O) groups is 1. The molecule has 1 aliphatic rings. The number of aryl methyl sites for hydroxylation is 2. The van der Waals surface area contributed by atoms with Crippen molar-refractivity contribution in [1.29, 1.82) is 0 Å². The van der Waals surface area contributed by atoms with Gasteiger partial charge < -0.3 is 0 Å². The highest BCUT2D eigenvalue weighted by molar-refractivity contribution is 7.89. The summed E-state index contributed by atoms with van der Waals surface area (Å²) >= 11 is 1.27. The molecule has 156 valence electrons. The number of anilines is 1. The fraction of sp³-hybridized carbons (Fsp3) is 0.286. The second-order valence-corrected chi connectivity index (χ2v) is 10.2. The summed E-state index contributed by atoms with van der Waals surface area (Å²) in [5, 5.41) is 12.0. The van der Waals surface area contributed by atoms with Gasteiger partial charge in [0.2, 0.25) is 15.2 Å². The Bertz CT molecular complexity index is 1180. The lowest BCUT2D eigenvalue weighted by Gasteiger charge is -2.16. The van der Waals surface area contributed by atoms with Gasteiger partial charge in [0.25, 0.3) is 5.91 Å². The lowest BCUT2D eigenvalue weighted by Crippen LogP contribution is -2.28. The van der Waals surface area contributed by atoms with Crippen LogP contribution in [0.2, 0.25) is 0 Å². The topological polar surface area (TPSA) is 92.3 Å². The smallest absolute Gasteiger partial charge is 0.257 e. The van der Waals surface area contributed by atoms with Gasteiger partial charge in [-0.2, -0.15) is 4.31 Å². The molecule has 3 aromatic rings. The molecule has 0 bridgehead atoms. The van der Waals surface area contributed by atoms with Crippen molar-refractivity contribution in [3.8, 4) is 10.6 Å². The molecule has 0 radical (unpaired) electrons. The third-order valence-corrected chi connectivity index (χ3v) is 7.88. The SMILES string of the molecule is Cc1ccc(-c2nnc(NC(=O)c3cc(S(=O)(=O)N4CCCC4)ccc3C)s2)cc1. The summed E-state index contributed by atoms with van der Waals surface area (Å²) in [5.41, 5.74) is 3.07. The van der Waals surface area contributed by atoms with E-state index < -0.39 is 15.9 Å². The van der Waals surface area contributed by atoms with Crippen LogP contribution in [0.1, 0.15) is 34.3 Å². The minimum atomic E-state index is -3.59. The molecule has 0 spiro atoms. The highest BCUT2D eigenvalue weighted by atomic mass is 32.2. The van der Waals surface area contributed by atoms with Crippen LogP contribution in [0.25, 0.3) is 10.6 Å². The fourth-order valence-electron chi connectivity index (χ4n) is 3.33. The third kappa shape index (κ3) is 4.14. The van der Waals surface area contributed by atoms with E-state index in [4.69, 9.17) is 0 Å². The van der Waals surface area contributed by atoms with Crippen molar-refractivity contribution in [2.45, 2.75) is 31.6 Å². The minimum absolute atomic E-state index is 0.137. The van der Waals surface area contributed by atoms with Crippen molar-refractivity contribution in [2.75, 3.05) is 18.4 Å². The Morgan fingerprint density at radius 2 is 1.73 bits per heavy atom. The highest BCUT2D eigenvalue weighted by Gasteiger charge is 2.28. The van der Waals surface area contributed by atoms with Crippen molar-refractivity contribution in [3.05, 3.63) is 59.2 Å². The van der Waals surface area contributed by atoms with E-state index in [2.05, 4.69) is 15.5 Å². The van der Waals surface area contributed by atoms with Gasteiger partial charge in [-0.3, -0.25) is 10.1 Å². The molecular weight excluding hydrogens is 420 g/mol. The summed E-state index contributed by atoms with van der Waals surface area (Å²) in [5.74, 6) is -0.405. The largest absolute Gasteiger partial charge is 0.296 e. The molecule has 30 heavy (non-hydrogen) atoms. The predicted octanol–water partition coefficient (Wildman–Crippen LogP) is 3.86. The number of amides is 1. The molecular formula is C21H22N4O3S2. The average molecular weight is 443 g/mol. The molecule has 1 saturated heterocycles. The molecule has 0 aliphatic carbocycles. The van der Waals surface area contributed by atoms with Crippen LogP contribution >= 0.6 is 11.3 Å². The van der Waals surface area contributed by atoms with Gasteiger partial charge in [0.1, 0.15) is 5.01 Å². The highest BCUT2D eigenvalue weighted by Crippen LogP contribution is 2.28. The number of sulfonamides is 1. The summed E-state index contributed by atoms with van der Waals surface area (Å²) in [7, 11) is -3.59. The van der Waals surface area contributed by atoms with E-state index in [1.807, 2.05) is 31.2 Å². The van der Waals surface area contributed by atoms with E-state index in [9.17, 15) is 13.2 Å². The van der Waals surface area contributed by atoms with Crippen LogP contribution < -0.4 is 5.32 Å². The van der Waals surface area contributed by atoms with Crippen LogP contribution in [-0.4, -0.2) is 41.9 Å². The Balaban J connectivity index is 1.56. The number of hydrogen-bond donors (Lipinski definition) is 1. The maximum Gasteiger partial charge on any atom is 0.257 e. The van der Waals surface area contributed by atoms with Crippen molar-refractivity contribution in [1.82, 2.24) is 14.5 Å². The molecule has 1 N–H and O–H groups in total. The first-order valence-electron chi connectivity index (χ1n) is 9.67. The molecule has 7 nitrogen and oxygen atoms in total. The molecule has 9 heteroatoms. The van der Waals surface area contributed by atoms with E-state index in [1.54, 1.807) is 19.1 Å². The molecule has 0 saturated carbocycles. The van der Waals surface area contributed by atoms with E-state index >= 15 is 0 Å². The zero-order valence-electron chi connectivity index (χ0n) is 16.8. The number of benzene rings is 2. The quantitative estimate of drug-likeness (QED) is 0.648. The monoisotopic (exact) mass is 442 g/mol. The van der Waals surface area contributed by atoms with Gasteiger partial charge in [-0.05, 0) is 44.4 Å². The second-order valence-electron chi connectivity index (χ2n) is 7.32. The first kappa shape index (κ1) is 20.6. The zero-order valence-corrected chi connectivity index (χ0v) is 18.4. The van der Waals surface area contributed by atoms with Gasteiger partial charge in [0, 0.05) is 24.2 Å². The first-order chi connectivity index (χ1) is 14.3. The van der Waals surface area contributed by atoms with E-state index in [1.165, 1.54) is 21.7 Å². The molecule has 0 atom stereocenters. The van der Waals surface area contributed by atoms with Gasteiger partial charge in [-0.15, -0.1) is 10.2 Å². The lowest BCUT2D eigenvalue weighted by atomic mass is 10.1. The zero-order chi connectivity index (χ0) is 21.3. The van der Waals surface area contributed by atoms with E-state index in [0.717, 1.165) is 24.0 Å². The molecule has 1 amide bonds. The van der Waals surface area contributed by atoms with Gasteiger partial charge in [-0.1, -0.05) is 47.2 Å². The Kier molecular flexibility index (Phi) is 5.68. The van der Waals surface area contributed by atoms with Crippen molar-refractivity contribution >= 4 is 32.4 Å². The number of hydrogen-bond acceptors (Lipinski definition) is 6. The Morgan fingerprint density at radius 3 is 2.43 bits per heavy atom. The number of nitrogens with zero attached hydrogens (tertiary/aromatic N) is 3. The van der Waals surface area contributed by atoms with Gasteiger partial charge in [0.15, 0.2) is 0 Å². The summed E-state index contributed by atoms with van der Waals surface area (Å²) in [6.07, 6.45) is 1.72. The molecule has 2 heterocycles. The van der Waals surface area contributed by atoms with Gasteiger partial charge in [-0.25, -0.2) is 8.42 Å². The van der Waals surface area contributed by atoms with E-state index in [-0.39, 0.29) is 4.90 Å². The maximum atomic E-state index is 12.8. The second kappa shape index (κ2) is 8.25. The minimum Gasteiger partial charge on any atom is -0.296 e. The first-order valence-corrected chi connectivity index (χ1v) is 11.9. The van der Waals surface area contributed by atoms with Gasteiger partial charge >= 0.3 is 0 Å². The van der Waals surface area contributed by atoms with Crippen LogP contribution in [0.5, 0.6) is 0 Å². The molecule has 2 aromatic carbocycles. The fourth-order valence-corrected chi connectivity index (χ4v) is 5.62. The van der Waals surface area contributed by atoms with E-state index in [0.29, 0.717) is 34.4 Å². The molecule has 0 unspecified atom stereocenters. The van der Waals surface area contributed by atoms with Crippen LogP contribution in [0.4, 0.5) is 5.13 Å². The van der Waals surface area contributed by atoms with Crippen LogP contribution in [0.3, 0.4) is 0 Å². The average Bonchev–Trinajstić information content (AvgIpc) is 3.41.